The van der Waals surface area contributed by atoms with E-state index < -0.39 is 21.8 Å². The van der Waals surface area contributed by atoms with Gasteiger partial charge in [0, 0.05) is 0 Å². The Morgan fingerprint density at radius 1 is 1.23 bits per heavy atom. The lowest BCUT2D eigenvalue weighted by Crippen LogP contribution is -2.16. The number of carbonyl (C=O) groups is 1. The van der Waals surface area contributed by atoms with Gasteiger partial charge in [-0.1, -0.05) is 25.1 Å². The summed E-state index contributed by atoms with van der Waals surface area (Å²) in [5.74, 6) is -1.94. The molecule has 7 heteroatoms. The molecule has 0 heterocycles. The lowest BCUT2D eigenvalue weighted by Gasteiger charge is -2.12. The molecule has 2 N–H and O–H groups in total. The van der Waals surface area contributed by atoms with Crippen LogP contribution in [0.25, 0.3) is 0 Å². The first kappa shape index (κ1) is 16.0. The van der Waals surface area contributed by atoms with Gasteiger partial charge in [0.2, 0.25) is 0 Å². The van der Waals surface area contributed by atoms with Crippen LogP contribution in [0.15, 0.2) is 47.4 Å². The summed E-state index contributed by atoms with van der Waals surface area (Å²) in [4.78, 5) is 10.8. The summed E-state index contributed by atoms with van der Waals surface area (Å²) in [6.07, 6.45) is 0.396. The predicted octanol–water partition coefficient (Wildman–Crippen LogP) is 2.89. The van der Waals surface area contributed by atoms with Crippen LogP contribution in [0.4, 0.5) is 10.1 Å². The van der Waals surface area contributed by atoms with E-state index in [0.29, 0.717) is 12.0 Å². The van der Waals surface area contributed by atoms with Crippen molar-refractivity contribution < 1.29 is 22.7 Å². The Labute approximate surface area is 127 Å². The summed E-state index contributed by atoms with van der Waals surface area (Å²) in [6.45, 7) is 1.75. The molecule has 0 aromatic heterocycles. The highest BCUT2D eigenvalue weighted by atomic mass is 32.2. The zero-order valence-corrected chi connectivity index (χ0v) is 12.5. The van der Waals surface area contributed by atoms with Crippen molar-refractivity contribution in [3.63, 3.8) is 0 Å². The van der Waals surface area contributed by atoms with Crippen molar-refractivity contribution in [2.45, 2.75) is 18.2 Å². The predicted molar refractivity (Wildman–Crippen MR) is 80.0 cm³/mol. The van der Waals surface area contributed by atoms with Crippen LogP contribution in [0.5, 0.6) is 0 Å². The van der Waals surface area contributed by atoms with E-state index in [2.05, 4.69) is 4.72 Å². The summed E-state index contributed by atoms with van der Waals surface area (Å²) >= 11 is 0. The summed E-state index contributed by atoms with van der Waals surface area (Å²) in [5.41, 5.74) is 0.116. The van der Waals surface area contributed by atoms with Gasteiger partial charge in [-0.25, -0.2) is 17.6 Å². The molecule has 116 valence electrons. The molecule has 0 atom stereocenters. The average Bonchev–Trinajstić information content (AvgIpc) is 2.48. The number of sulfonamides is 1. The molecule has 0 saturated carbocycles. The summed E-state index contributed by atoms with van der Waals surface area (Å²) in [7, 11) is -4.09. The van der Waals surface area contributed by atoms with Crippen LogP contribution >= 0.6 is 0 Å². The molecule has 2 aromatic rings. The third-order valence-electron chi connectivity index (χ3n) is 3.10. The van der Waals surface area contributed by atoms with E-state index in [1.54, 1.807) is 6.92 Å². The average molecular weight is 323 g/mol. The number of aromatic carboxylic acids is 1. The van der Waals surface area contributed by atoms with Gasteiger partial charge in [-0.3, -0.25) is 4.72 Å². The molecule has 0 aliphatic rings. The number of nitrogens with one attached hydrogen (secondary N) is 1. The fourth-order valence-corrected chi connectivity index (χ4v) is 3.38. The van der Waals surface area contributed by atoms with Crippen LogP contribution in [-0.4, -0.2) is 19.5 Å². The molecular formula is C15H14FNO4S. The number of carboxylic acids is 1. The van der Waals surface area contributed by atoms with Gasteiger partial charge in [0.15, 0.2) is 0 Å². The molecule has 0 amide bonds. The second-order valence-electron chi connectivity index (χ2n) is 4.57. The van der Waals surface area contributed by atoms with Crippen molar-refractivity contribution in [1.82, 2.24) is 0 Å². The Hall–Kier alpha value is -2.41. The van der Waals surface area contributed by atoms with Crippen molar-refractivity contribution in [2.75, 3.05) is 4.72 Å². The number of benzene rings is 2. The number of hydrogen-bond acceptors (Lipinski definition) is 3. The van der Waals surface area contributed by atoms with Crippen LogP contribution in [0.2, 0.25) is 0 Å². The number of anilines is 1. The van der Waals surface area contributed by atoms with Crippen molar-refractivity contribution in [3.05, 3.63) is 59.4 Å². The minimum Gasteiger partial charge on any atom is -0.478 e. The molecule has 0 saturated heterocycles. The fourth-order valence-electron chi connectivity index (χ4n) is 1.97. The lowest BCUT2D eigenvalue weighted by atomic mass is 10.1. The largest absolute Gasteiger partial charge is 0.478 e. The Morgan fingerprint density at radius 2 is 1.91 bits per heavy atom. The molecule has 0 aliphatic carbocycles. The number of rotatable bonds is 5. The van der Waals surface area contributed by atoms with Gasteiger partial charge in [-0.15, -0.1) is 0 Å². The minimum absolute atomic E-state index is 0.147. The first-order valence-corrected chi connectivity index (χ1v) is 7.97. The monoisotopic (exact) mass is 323 g/mol. The minimum atomic E-state index is -4.09. The van der Waals surface area contributed by atoms with E-state index in [-0.39, 0.29) is 16.1 Å². The van der Waals surface area contributed by atoms with Crippen molar-refractivity contribution >= 4 is 21.7 Å². The zero-order chi connectivity index (χ0) is 16.3. The van der Waals surface area contributed by atoms with Crippen LogP contribution in [0, 0.1) is 5.82 Å². The van der Waals surface area contributed by atoms with Gasteiger partial charge in [-0.2, -0.15) is 0 Å². The fraction of sp³-hybridized carbons (Fsp3) is 0.133. The SMILES string of the molecule is CCc1ccc(C(=O)O)cc1S(=O)(=O)Nc1ccccc1F. The second kappa shape index (κ2) is 6.15. The van der Waals surface area contributed by atoms with Crippen molar-refractivity contribution in [3.8, 4) is 0 Å². The number of carboxylic acid groups (broad SMARTS) is 1. The molecule has 0 radical (unpaired) electrons. The van der Waals surface area contributed by atoms with Crippen molar-refractivity contribution in [2.24, 2.45) is 0 Å². The zero-order valence-electron chi connectivity index (χ0n) is 11.7. The number of para-hydroxylation sites is 1. The highest BCUT2D eigenvalue weighted by Gasteiger charge is 2.21. The Bertz CT molecular complexity index is 818. The van der Waals surface area contributed by atoms with Gasteiger partial charge >= 0.3 is 5.97 Å². The molecule has 0 fully saturated rings. The lowest BCUT2D eigenvalue weighted by molar-refractivity contribution is 0.0696. The molecule has 5 nitrogen and oxygen atoms in total. The maximum Gasteiger partial charge on any atom is 0.335 e. The molecule has 2 rings (SSSR count). The van der Waals surface area contributed by atoms with E-state index in [0.717, 1.165) is 12.1 Å². The normalized spacial score (nSPS) is 11.2. The Kier molecular flexibility index (Phi) is 4.46. The first-order chi connectivity index (χ1) is 10.3. The molecular weight excluding hydrogens is 309 g/mol. The highest BCUT2D eigenvalue weighted by molar-refractivity contribution is 7.92. The van der Waals surface area contributed by atoms with Gasteiger partial charge in [0.25, 0.3) is 10.0 Å². The van der Waals surface area contributed by atoms with Gasteiger partial charge < -0.3 is 5.11 Å². The number of hydrogen-bond donors (Lipinski definition) is 2. The molecule has 0 spiro atoms. The summed E-state index contributed by atoms with van der Waals surface area (Å²) in [6, 6.07) is 9.21. The van der Waals surface area contributed by atoms with Gasteiger partial charge in [0.05, 0.1) is 16.1 Å². The van der Waals surface area contributed by atoms with Crippen LogP contribution in [-0.2, 0) is 16.4 Å². The topological polar surface area (TPSA) is 83.5 Å². The number of aryl methyl sites for hydroxylation is 1. The van der Waals surface area contributed by atoms with Crippen LogP contribution in [0.3, 0.4) is 0 Å². The maximum absolute atomic E-state index is 13.6. The van der Waals surface area contributed by atoms with Gasteiger partial charge in [0.1, 0.15) is 5.82 Å². The smallest absolute Gasteiger partial charge is 0.335 e. The van der Waals surface area contributed by atoms with E-state index in [9.17, 15) is 17.6 Å². The van der Waals surface area contributed by atoms with E-state index in [4.69, 9.17) is 5.11 Å². The third kappa shape index (κ3) is 3.25. The molecule has 0 bridgehead atoms. The highest BCUT2D eigenvalue weighted by Crippen LogP contribution is 2.23. The number of halogens is 1. The van der Waals surface area contributed by atoms with E-state index in [1.807, 2.05) is 0 Å². The van der Waals surface area contributed by atoms with E-state index in [1.165, 1.54) is 30.3 Å². The quantitative estimate of drug-likeness (QED) is 0.886. The third-order valence-corrected chi connectivity index (χ3v) is 4.55. The Balaban J connectivity index is 2.51. The molecule has 22 heavy (non-hydrogen) atoms. The summed E-state index contributed by atoms with van der Waals surface area (Å²) < 4.78 is 40.6. The van der Waals surface area contributed by atoms with Crippen LogP contribution < -0.4 is 4.72 Å². The second-order valence-corrected chi connectivity index (χ2v) is 6.22. The van der Waals surface area contributed by atoms with Crippen LogP contribution in [0.1, 0.15) is 22.8 Å². The van der Waals surface area contributed by atoms with E-state index >= 15 is 0 Å². The molecule has 2 aromatic carbocycles. The molecule has 0 unspecified atom stereocenters. The standard InChI is InChI=1S/C15H14FNO4S/c1-2-10-7-8-11(15(18)19)9-14(10)22(20,21)17-13-6-4-3-5-12(13)16/h3-9,17H,2H2,1H3,(H,18,19). The Morgan fingerprint density at radius 3 is 2.50 bits per heavy atom. The maximum atomic E-state index is 13.6. The van der Waals surface area contributed by atoms with Crippen molar-refractivity contribution in [1.29, 1.82) is 0 Å². The first-order valence-electron chi connectivity index (χ1n) is 6.48. The molecule has 0 aliphatic heterocycles. The summed E-state index contributed by atoms with van der Waals surface area (Å²) in [5, 5.41) is 9.00. The van der Waals surface area contributed by atoms with Gasteiger partial charge in [-0.05, 0) is 36.2 Å².